The summed E-state index contributed by atoms with van der Waals surface area (Å²) >= 11 is 0. The van der Waals surface area contributed by atoms with E-state index in [1.807, 2.05) is 31.2 Å². The van der Waals surface area contributed by atoms with Gasteiger partial charge in [-0.25, -0.2) is 0 Å². The lowest BCUT2D eigenvalue weighted by atomic mass is 9.92. The molecule has 2 aromatic carbocycles. The molecule has 0 aliphatic carbocycles. The van der Waals surface area contributed by atoms with Gasteiger partial charge < -0.3 is 10.2 Å². The van der Waals surface area contributed by atoms with Crippen molar-refractivity contribution in [1.29, 1.82) is 0 Å². The zero-order valence-corrected chi connectivity index (χ0v) is 17.5. The van der Waals surface area contributed by atoms with Crippen LogP contribution in [0.3, 0.4) is 0 Å². The molecular weight excluding hydrogens is 348 g/mol. The molecule has 1 saturated heterocycles. The standard InChI is InChI=1S/C24H30N2O2/c1-15(2)20-7-6-8-21(16(3)4)23(20)25-24(28)18-13-22(27)26(14-18)19-11-9-17(5)10-12-19/h6-12,15-16,18H,13-14H2,1-5H3,(H,25,28)/t18-/m1/s1. The van der Waals surface area contributed by atoms with Crippen molar-refractivity contribution in [3.63, 3.8) is 0 Å². The highest BCUT2D eigenvalue weighted by Crippen LogP contribution is 2.34. The molecule has 1 N–H and O–H groups in total. The average Bonchev–Trinajstić information content (AvgIpc) is 3.04. The first-order valence-electron chi connectivity index (χ1n) is 10.1. The van der Waals surface area contributed by atoms with Crippen molar-refractivity contribution in [3.8, 4) is 0 Å². The average molecular weight is 379 g/mol. The summed E-state index contributed by atoms with van der Waals surface area (Å²) in [7, 11) is 0. The van der Waals surface area contributed by atoms with Crippen LogP contribution in [0, 0.1) is 12.8 Å². The van der Waals surface area contributed by atoms with E-state index >= 15 is 0 Å². The van der Waals surface area contributed by atoms with E-state index in [0.717, 1.165) is 28.1 Å². The van der Waals surface area contributed by atoms with Crippen molar-refractivity contribution in [3.05, 3.63) is 59.2 Å². The molecule has 148 valence electrons. The quantitative estimate of drug-likeness (QED) is 0.774. The highest BCUT2D eigenvalue weighted by Gasteiger charge is 2.35. The molecule has 0 spiro atoms. The summed E-state index contributed by atoms with van der Waals surface area (Å²) in [5, 5.41) is 3.17. The van der Waals surface area contributed by atoms with E-state index in [9.17, 15) is 9.59 Å². The van der Waals surface area contributed by atoms with Gasteiger partial charge in [0.2, 0.25) is 11.8 Å². The van der Waals surface area contributed by atoms with Crippen LogP contribution in [-0.4, -0.2) is 18.4 Å². The van der Waals surface area contributed by atoms with Crippen LogP contribution in [0.5, 0.6) is 0 Å². The molecule has 0 radical (unpaired) electrons. The number of carbonyl (C=O) groups is 2. The lowest BCUT2D eigenvalue weighted by Gasteiger charge is -2.22. The Morgan fingerprint density at radius 3 is 2.11 bits per heavy atom. The number of nitrogens with zero attached hydrogens (tertiary/aromatic N) is 1. The smallest absolute Gasteiger partial charge is 0.229 e. The maximum atomic E-state index is 13.1. The van der Waals surface area contributed by atoms with Gasteiger partial charge in [0.15, 0.2) is 0 Å². The van der Waals surface area contributed by atoms with Gasteiger partial charge >= 0.3 is 0 Å². The molecular formula is C24H30N2O2. The van der Waals surface area contributed by atoms with Gasteiger partial charge in [-0.05, 0) is 42.0 Å². The van der Waals surface area contributed by atoms with Gasteiger partial charge in [0.25, 0.3) is 0 Å². The number of aryl methyl sites for hydroxylation is 1. The lowest BCUT2D eigenvalue weighted by molar-refractivity contribution is -0.122. The van der Waals surface area contributed by atoms with Crippen molar-refractivity contribution in [2.75, 3.05) is 16.8 Å². The van der Waals surface area contributed by atoms with Crippen LogP contribution in [0.2, 0.25) is 0 Å². The van der Waals surface area contributed by atoms with E-state index in [0.29, 0.717) is 18.4 Å². The summed E-state index contributed by atoms with van der Waals surface area (Å²) in [6.45, 7) is 11.0. The third-order valence-corrected chi connectivity index (χ3v) is 5.46. The van der Waals surface area contributed by atoms with Crippen LogP contribution in [0.1, 0.15) is 62.6 Å². The van der Waals surface area contributed by atoms with Gasteiger partial charge in [-0.15, -0.1) is 0 Å². The molecule has 4 nitrogen and oxygen atoms in total. The van der Waals surface area contributed by atoms with Crippen molar-refractivity contribution >= 4 is 23.2 Å². The van der Waals surface area contributed by atoms with Gasteiger partial charge in [-0.3, -0.25) is 9.59 Å². The molecule has 4 heteroatoms. The number of amides is 2. The van der Waals surface area contributed by atoms with E-state index in [-0.39, 0.29) is 24.2 Å². The molecule has 2 aromatic rings. The number of benzene rings is 2. The Kier molecular flexibility index (Phi) is 5.87. The number of nitrogens with one attached hydrogen (secondary N) is 1. The monoisotopic (exact) mass is 378 g/mol. The highest BCUT2D eigenvalue weighted by molar-refractivity contribution is 6.04. The summed E-state index contributed by atoms with van der Waals surface area (Å²) in [6, 6.07) is 14.1. The van der Waals surface area contributed by atoms with Crippen LogP contribution >= 0.6 is 0 Å². The first-order chi connectivity index (χ1) is 13.3. The molecule has 3 rings (SSSR count). The molecule has 28 heavy (non-hydrogen) atoms. The third-order valence-electron chi connectivity index (χ3n) is 5.46. The molecule has 0 aromatic heterocycles. The number of rotatable bonds is 5. The molecule has 1 atom stereocenters. The summed E-state index contributed by atoms with van der Waals surface area (Å²) in [4.78, 5) is 27.3. The number of carbonyl (C=O) groups excluding carboxylic acids is 2. The molecule has 0 unspecified atom stereocenters. The van der Waals surface area contributed by atoms with E-state index < -0.39 is 0 Å². The zero-order valence-electron chi connectivity index (χ0n) is 17.5. The van der Waals surface area contributed by atoms with E-state index in [1.165, 1.54) is 0 Å². The van der Waals surface area contributed by atoms with Crippen LogP contribution < -0.4 is 10.2 Å². The van der Waals surface area contributed by atoms with Crippen LogP contribution in [0.4, 0.5) is 11.4 Å². The Morgan fingerprint density at radius 1 is 1.00 bits per heavy atom. The largest absolute Gasteiger partial charge is 0.325 e. The van der Waals surface area contributed by atoms with Gasteiger partial charge in [0, 0.05) is 24.3 Å². The van der Waals surface area contributed by atoms with Gasteiger partial charge in [-0.1, -0.05) is 63.6 Å². The fourth-order valence-corrected chi connectivity index (χ4v) is 3.78. The predicted molar refractivity (Wildman–Crippen MR) is 115 cm³/mol. The molecule has 0 saturated carbocycles. The molecule has 0 bridgehead atoms. The van der Waals surface area contributed by atoms with Gasteiger partial charge in [-0.2, -0.15) is 0 Å². The normalized spacial score (nSPS) is 16.9. The van der Waals surface area contributed by atoms with Crippen molar-refractivity contribution < 1.29 is 9.59 Å². The third kappa shape index (κ3) is 4.11. The Balaban J connectivity index is 1.81. The Bertz CT molecular complexity index is 842. The minimum Gasteiger partial charge on any atom is -0.325 e. The van der Waals surface area contributed by atoms with E-state index in [4.69, 9.17) is 0 Å². The Morgan fingerprint density at radius 2 is 1.57 bits per heavy atom. The van der Waals surface area contributed by atoms with Crippen LogP contribution in [-0.2, 0) is 9.59 Å². The minimum atomic E-state index is -0.339. The maximum absolute atomic E-state index is 13.1. The molecule has 1 heterocycles. The SMILES string of the molecule is Cc1ccc(N2C[C@H](C(=O)Nc3c(C(C)C)cccc3C(C)C)CC2=O)cc1. The fourth-order valence-electron chi connectivity index (χ4n) is 3.78. The number of hydrogen-bond donors (Lipinski definition) is 1. The van der Waals surface area contributed by atoms with Crippen molar-refractivity contribution in [2.45, 2.75) is 52.9 Å². The molecule has 1 aliphatic heterocycles. The maximum Gasteiger partial charge on any atom is 0.229 e. The topological polar surface area (TPSA) is 49.4 Å². The zero-order chi connectivity index (χ0) is 20.4. The van der Waals surface area contributed by atoms with E-state index in [2.05, 4.69) is 51.2 Å². The summed E-state index contributed by atoms with van der Waals surface area (Å²) in [6.07, 6.45) is 0.251. The molecule has 1 fully saturated rings. The number of hydrogen-bond acceptors (Lipinski definition) is 2. The second-order valence-corrected chi connectivity index (χ2v) is 8.35. The molecule has 2 amide bonds. The summed E-state index contributed by atoms with van der Waals surface area (Å²) in [5.41, 5.74) is 5.20. The molecule has 1 aliphatic rings. The predicted octanol–water partition coefficient (Wildman–Crippen LogP) is 5.23. The first kappa shape index (κ1) is 20.1. The number of para-hydroxylation sites is 1. The van der Waals surface area contributed by atoms with Crippen LogP contribution in [0.25, 0.3) is 0 Å². The minimum absolute atomic E-state index is 0.00484. The van der Waals surface area contributed by atoms with Crippen molar-refractivity contribution in [2.24, 2.45) is 5.92 Å². The first-order valence-corrected chi connectivity index (χ1v) is 10.1. The Labute approximate surface area is 167 Å². The summed E-state index contributed by atoms with van der Waals surface area (Å²) < 4.78 is 0. The van der Waals surface area contributed by atoms with Gasteiger partial charge in [0.1, 0.15) is 0 Å². The van der Waals surface area contributed by atoms with Crippen molar-refractivity contribution in [1.82, 2.24) is 0 Å². The van der Waals surface area contributed by atoms with Crippen LogP contribution in [0.15, 0.2) is 42.5 Å². The Hall–Kier alpha value is -2.62. The van der Waals surface area contributed by atoms with Gasteiger partial charge in [0.05, 0.1) is 5.92 Å². The second kappa shape index (κ2) is 8.17. The lowest BCUT2D eigenvalue weighted by Crippen LogP contribution is -2.28. The summed E-state index contributed by atoms with van der Waals surface area (Å²) in [5.74, 6) is 0.212. The highest BCUT2D eigenvalue weighted by atomic mass is 16.2. The van der Waals surface area contributed by atoms with E-state index in [1.54, 1.807) is 4.90 Å². The fraction of sp³-hybridized carbons (Fsp3) is 0.417. The second-order valence-electron chi connectivity index (χ2n) is 8.35. The number of anilines is 2.